The first-order valence-electron chi connectivity index (χ1n) is 4.94. The number of aromatic nitrogens is 1. The predicted octanol–water partition coefficient (Wildman–Crippen LogP) is 0.725. The zero-order valence-corrected chi connectivity index (χ0v) is 8.63. The average Bonchev–Trinajstić information content (AvgIpc) is 2.38. The standard InChI is InChI=1S/C13H10N2O/c16-10-12-6-4-11(5-7-12)9-15-13-3-1-2-8-14-13/h1-10H/p+1/b15-9+. The Kier molecular flexibility index (Phi) is 3.18. The SMILES string of the molecule is O=Cc1ccc(/C=[NH+]/c2ccccn2)cc1. The Hall–Kier alpha value is -2.29. The molecule has 3 nitrogen and oxygen atoms in total. The molecule has 0 unspecified atom stereocenters. The van der Waals surface area contributed by atoms with Gasteiger partial charge in [-0.3, -0.25) is 4.79 Å². The molecule has 0 saturated heterocycles. The van der Waals surface area contributed by atoms with Crippen molar-refractivity contribution in [3.8, 4) is 0 Å². The first-order chi connectivity index (χ1) is 7.88. The number of carbonyl (C=O) groups excluding carboxylic acids is 1. The maximum Gasteiger partial charge on any atom is 0.320 e. The van der Waals surface area contributed by atoms with Crippen LogP contribution in [0.5, 0.6) is 0 Å². The number of benzene rings is 1. The minimum absolute atomic E-state index is 0.676. The number of nitrogens with zero attached hydrogens (tertiary/aromatic N) is 1. The number of hydrogen-bond donors (Lipinski definition) is 1. The average molecular weight is 211 g/mol. The topological polar surface area (TPSA) is 43.9 Å². The van der Waals surface area contributed by atoms with Crippen molar-refractivity contribution in [2.45, 2.75) is 0 Å². The van der Waals surface area contributed by atoms with Gasteiger partial charge in [0.2, 0.25) is 0 Å². The van der Waals surface area contributed by atoms with Gasteiger partial charge in [0.1, 0.15) is 12.5 Å². The summed E-state index contributed by atoms with van der Waals surface area (Å²) in [6.45, 7) is 0. The molecule has 0 amide bonds. The normalized spacial score (nSPS) is 10.5. The van der Waals surface area contributed by atoms with E-state index in [0.717, 1.165) is 17.7 Å². The molecular weight excluding hydrogens is 200 g/mol. The Balaban J connectivity index is 2.14. The molecule has 1 N–H and O–H groups in total. The van der Waals surface area contributed by atoms with Gasteiger partial charge in [0.05, 0.1) is 6.21 Å². The summed E-state index contributed by atoms with van der Waals surface area (Å²) in [5, 5.41) is 0. The first kappa shape index (κ1) is 10.2. The van der Waals surface area contributed by atoms with Crippen molar-refractivity contribution < 1.29 is 9.79 Å². The van der Waals surface area contributed by atoms with Crippen molar-refractivity contribution in [2.75, 3.05) is 0 Å². The summed E-state index contributed by atoms with van der Waals surface area (Å²) in [4.78, 5) is 17.7. The second-order valence-corrected chi connectivity index (χ2v) is 3.29. The van der Waals surface area contributed by atoms with Gasteiger partial charge in [0.15, 0.2) is 0 Å². The van der Waals surface area contributed by atoms with Crippen molar-refractivity contribution in [2.24, 2.45) is 0 Å². The lowest BCUT2D eigenvalue weighted by atomic mass is 10.2. The molecule has 2 rings (SSSR count). The van der Waals surface area contributed by atoms with E-state index < -0.39 is 0 Å². The van der Waals surface area contributed by atoms with Gasteiger partial charge >= 0.3 is 5.82 Å². The molecule has 1 heterocycles. The molecule has 0 fully saturated rings. The fourth-order valence-electron chi connectivity index (χ4n) is 1.28. The fourth-order valence-corrected chi connectivity index (χ4v) is 1.28. The molecule has 0 atom stereocenters. The molecule has 0 bridgehead atoms. The van der Waals surface area contributed by atoms with Crippen LogP contribution in [0.2, 0.25) is 0 Å². The lowest BCUT2D eigenvalue weighted by molar-refractivity contribution is -0.352. The quantitative estimate of drug-likeness (QED) is 0.600. The zero-order chi connectivity index (χ0) is 11.2. The van der Waals surface area contributed by atoms with E-state index in [1.54, 1.807) is 18.3 Å². The summed E-state index contributed by atoms with van der Waals surface area (Å²) < 4.78 is 0. The number of rotatable bonds is 3. The Labute approximate surface area is 93.5 Å². The van der Waals surface area contributed by atoms with Gasteiger partial charge in [-0.2, -0.15) is 0 Å². The highest BCUT2D eigenvalue weighted by molar-refractivity contribution is 5.79. The van der Waals surface area contributed by atoms with E-state index in [9.17, 15) is 4.79 Å². The summed E-state index contributed by atoms with van der Waals surface area (Å²) in [5.41, 5.74) is 1.67. The number of hydrogen-bond acceptors (Lipinski definition) is 2. The number of carbonyl (C=O) groups is 1. The maximum atomic E-state index is 10.5. The predicted molar refractivity (Wildman–Crippen MR) is 61.9 cm³/mol. The molecule has 0 saturated carbocycles. The minimum Gasteiger partial charge on any atom is -0.298 e. The summed E-state index contributed by atoms with van der Waals surface area (Å²) >= 11 is 0. The molecule has 0 aliphatic heterocycles. The highest BCUT2D eigenvalue weighted by Crippen LogP contribution is 1.98. The summed E-state index contributed by atoms with van der Waals surface area (Å²) in [6.07, 6.45) is 4.40. The van der Waals surface area contributed by atoms with Gasteiger partial charge in [-0.1, -0.05) is 35.3 Å². The van der Waals surface area contributed by atoms with Crippen LogP contribution in [0.25, 0.3) is 0 Å². The third kappa shape index (κ3) is 2.60. The van der Waals surface area contributed by atoms with Crippen LogP contribution in [0.15, 0.2) is 48.7 Å². The summed E-state index contributed by atoms with van der Waals surface area (Å²) in [5.74, 6) is 0.793. The van der Waals surface area contributed by atoms with Crippen LogP contribution in [0.3, 0.4) is 0 Å². The van der Waals surface area contributed by atoms with E-state index in [2.05, 4.69) is 9.98 Å². The van der Waals surface area contributed by atoms with Crippen molar-refractivity contribution in [3.05, 3.63) is 59.8 Å². The zero-order valence-electron chi connectivity index (χ0n) is 8.63. The van der Waals surface area contributed by atoms with Crippen molar-refractivity contribution in [3.63, 3.8) is 0 Å². The molecule has 0 aliphatic rings. The van der Waals surface area contributed by atoms with Crippen LogP contribution in [0, 0.1) is 0 Å². The van der Waals surface area contributed by atoms with Gasteiger partial charge < -0.3 is 0 Å². The lowest BCUT2D eigenvalue weighted by Gasteiger charge is -1.91. The fraction of sp³-hybridized carbons (Fsp3) is 0. The third-order valence-corrected chi connectivity index (χ3v) is 2.12. The van der Waals surface area contributed by atoms with Gasteiger partial charge in [-0.15, -0.1) is 0 Å². The number of pyridine rings is 1. The Morgan fingerprint density at radius 2 is 1.75 bits per heavy atom. The van der Waals surface area contributed by atoms with E-state index >= 15 is 0 Å². The van der Waals surface area contributed by atoms with E-state index in [1.807, 2.05) is 36.5 Å². The van der Waals surface area contributed by atoms with Crippen molar-refractivity contribution in [1.29, 1.82) is 0 Å². The van der Waals surface area contributed by atoms with E-state index in [0.29, 0.717) is 5.56 Å². The molecule has 1 aromatic heterocycles. The van der Waals surface area contributed by atoms with Crippen LogP contribution < -0.4 is 4.99 Å². The van der Waals surface area contributed by atoms with Crippen LogP contribution in [-0.2, 0) is 0 Å². The monoisotopic (exact) mass is 211 g/mol. The lowest BCUT2D eigenvalue weighted by Crippen LogP contribution is -2.62. The Morgan fingerprint density at radius 3 is 2.38 bits per heavy atom. The highest BCUT2D eigenvalue weighted by atomic mass is 16.1. The van der Waals surface area contributed by atoms with E-state index in [-0.39, 0.29) is 0 Å². The van der Waals surface area contributed by atoms with Gasteiger partial charge in [-0.05, 0) is 6.07 Å². The molecule has 0 spiro atoms. The molecule has 0 radical (unpaired) electrons. The van der Waals surface area contributed by atoms with Crippen LogP contribution in [-0.4, -0.2) is 17.5 Å². The minimum atomic E-state index is 0.676. The molecule has 78 valence electrons. The first-order valence-corrected chi connectivity index (χ1v) is 4.94. The highest BCUT2D eigenvalue weighted by Gasteiger charge is 1.95. The van der Waals surface area contributed by atoms with Gasteiger partial charge in [0, 0.05) is 17.2 Å². The Bertz CT molecular complexity index is 489. The summed E-state index contributed by atoms with van der Waals surface area (Å²) in [6, 6.07) is 13.0. The molecular formula is C13H11N2O+. The van der Waals surface area contributed by atoms with E-state index in [4.69, 9.17) is 0 Å². The number of nitrogens with one attached hydrogen (secondary N) is 1. The molecule has 3 heteroatoms. The second kappa shape index (κ2) is 4.98. The largest absolute Gasteiger partial charge is 0.320 e. The van der Waals surface area contributed by atoms with Crippen LogP contribution >= 0.6 is 0 Å². The summed E-state index contributed by atoms with van der Waals surface area (Å²) in [7, 11) is 0. The molecule has 0 aliphatic carbocycles. The molecule has 1 aromatic carbocycles. The maximum absolute atomic E-state index is 10.5. The molecule has 2 aromatic rings. The Morgan fingerprint density at radius 1 is 1.00 bits per heavy atom. The second-order valence-electron chi connectivity index (χ2n) is 3.29. The molecule has 16 heavy (non-hydrogen) atoms. The van der Waals surface area contributed by atoms with Crippen molar-refractivity contribution in [1.82, 2.24) is 4.98 Å². The van der Waals surface area contributed by atoms with Gasteiger partial charge in [-0.25, -0.2) is 4.99 Å². The smallest absolute Gasteiger partial charge is 0.298 e. The van der Waals surface area contributed by atoms with Crippen LogP contribution in [0.4, 0.5) is 5.82 Å². The van der Waals surface area contributed by atoms with Crippen LogP contribution in [0.1, 0.15) is 15.9 Å². The number of aldehydes is 1. The van der Waals surface area contributed by atoms with Gasteiger partial charge in [0.25, 0.3) is 0 Å². The van der Waals surface area contributed by atoms with E-state index in [1.165, 1.54) is 0 Å². The van der Waals surface area contributed by atoms with Crippen molar-refractivity contribution >= 4 is 18.3 Å². The third-order valence-electron chi connectivity index (χ3n) is 2.12.